The number of hydrogen-bond donors (Lipinski definition) is 4. The number of nitrogens with one attached hydrogen (secondary N) is 3. The Morgan fingerprint density at radius 3 is 2.42 bits per heavy atom. The first-order valence-electron chi connectivity index (χ1n) is 8.44. The summed E-state index contributed by atoms with van der Waals surface area (Å²) >= 11 is 1.31. The molecular formula is C18H23N5O2S. The Bertz CT molecular complexity index is 855. The van der Waals surface area contributed by atoms with Crippen molar-refractivity contribution >= 4 is 39.7 Å². The molecule has 8 heteroatoms. The molecule has 1 saturated carbocycles. The van der Waals surface area contributed by atoms with Crippen LogP contribution in [0.1, 0.15) is 29.9 Å². The number of amides is 2. The van der Waals surface area contributed by atoms with Crippen LogP contribution in [0.5, 0.6) is 0 Å². The summed E-state index contributed by atoms with van der Waals surface area (Å²) in [5, 5.41) is 10.1. The number of primary amides is 1. The second-order valence-corrected chi connectivity index (χ2v) is 7.54. The van der Waals surface area contributed by atoms with E-state index in [0.29, 0.717) is 11.3 Å². The summed E-state index contributed by atoms with van der Waals surface area (Å²) in [5.41, 5.74) is 7.47. The quantitative estimate of drug-likeness (QED) is 0.622. The van der Waals surface area contributed by atoms with Gasteiger partial charge in [0.15, 0.2) is 0 Å². The number of carbonyl (C=O) groups is 2. The molecule has 1 aromatic heterocycles. The number of nitrogens with two attached hydrogens (primary N) is 1. The highest BCUT2D eigenvalue weighted by Gasteiger charge is 2.64. The molecule has 26 heavy (non-hydrogen) atoms. The van der Waals surface area contributed by atoms with Crippen LogP contribution in [0.2, 0.25) is 0 Å². The summed E-state index contributed by atoms with van der Waals surface area (Å²) < 4.78 is 4.23. The third-order valence-electron chi connectivity index (χ3n) is 5.20. The van der Waals surface area contributed by atoms with Crippen LogP contribution in [0.25, 0.3) is 0 Å². The lowest BCUT2D eigenvalue weighted by atomic mass is 10.1. The fourth-order valence-electron chi connectivity index (χ4n) is 3.41. The molecule has 1 aromatic carbocycles. The smallest absolute Gasteiger partial charge is 0.250 e. The number of rotatable bonds is 6. The van der Waals surface area contributed by atoms with E-state index in [9.17, 15) is 9.59 Å². The maximum absolute atomic E-state index is 12.4. The second-order valence-electron chi connectivity index (χ2n) is 6.73. The van der Waals surface area contributed by atoms with E-state index >= 15 is 0 Å². The van der Waals surface area contributed by atoms with Crippen molar-refractivity contribution < 1.29 is 9.59 Å². The van der Waals surface area contributed by atoms with E-state index in [2.05, 4.69) is 20.3 Å². The normalized spacial score (nSPS) is 24.0. The molecule has 3 rings (SSSR count). The highest BCUT2D eigenvalue weighted by atomic mass is 32.1. The number of hydrogen-bond acceptors (Lipinski definition) is 6. The van der Waals surface area contributed by atoms with E-state index in [-0.39, 0.29) is 17.7 Å². The van der Waals surface area contributed by atoms with Crippen LogP contribution in [0.15, 0.2) is 24.3 Å². The molecule has 7 nitrogen and oxygen atoms in total. The monoisotopic (exact) mass is 373 g/mol. The Labute approximate surface area is 156 Å². The number of aryl methyl sites for hydroxylation is 1. The summed E-state index contributed by atoms with van der Waals surface area (Å²) in [5.74, 6) is -0.142. The maximum Gasteiger partial charge on any atom is 0.250 e. The molecular weight excluding hydrogens is 350 g/mol. The van der Waals surface area contributed by atoms with Gasteiger partial charge in [0.25, 0.3) is 5.91 Å². The van der Waals surface area contributed by atoms with Gasteiger partial charge in [-0.05, 0) is 54.6 Å². The van der Waals surface area contributed by atoms with E-state index < -0.39 is 11.4 Å². The SMILES string of the molecule is CNC(=O)C1(Nc2ccc(C(N)=O)c(Nc3cc(C)ns3)c2)C(C)C1C. The zero-order valence-electron chi connectivity index (χ0n) is 15.2. The molecule has 0 bridgehead atoms. The summed E-state index contributed by atoms with van der Waals surface area (Å²) in [6.07, 6.45) is 0. The lowest BCUT2D eigenvalue weighted by Gasteiger charge is -2.21. The van der Waals surface area contributed by atoms with E-state index in [0.717, 1.165) is 16.4 Å². The number of nitrogens with zero attached hydrogens (tertiary/aromatic N) is 1. The first-order valence-corrected chi connectivity index (χ1v) is 9.21. The Kier molecular flexibility index (Phi) is 4.62. The van der Waals surface area contributed by atoms with Gasteiger partial charge in [0.2, 0.25) is 5.91 Å². The molecule has 2 unspecified atom stereocenters. The molecule has 1 heterocycles. The van der Waals surface area contributed by atoms with E-state index in [4.69, 9.17) is 5.73 Å². The average molecular weight is 373 g/mol. The van der Waals surface area contributed by atoms with E-state index in [1.807, 2.05) is 26.8 Å². The van der Waals surface area contributed by atoms with Gasteiger partial charge in [0.05, 0.1) is 16.9 Å². The maximum atomic E-state index is 12.4. The number of anilines is 3. The van der Waals surface area contributed by atoms with Crippen molar-refractivity contribution in [2.75, 3.05) is 17.7 Å². The predicted octanol–water partition coefficient (Wildman–Crippen LogP) is 2.48. The third-order valence-corrected chi connectivity index (χ3v) is 6.00. The standard InChI is InChI=1S/C18H23N5O2S/c1-9-7-15(26-23-9)21-14-8-12(5-6-13(14)16(19)24)22-18(17(25)20-4)10(2)11(18)3/h5-8,10-11,21-22H,1-4H3,(H2,19,24)(H,20,25). The minimum Gasteiger partial charge on any atom is -0.371 e. The molecule has 0 saturated heterocycles. The van der Waals surface area contributed by atoms with Gasteiger partial charge >= 0.3 is 0 Å². The van der Waals surface area contributed by atoms with Crippen LogP contribution in [-0.4, -0.2) is 28.8 Å². The molecule has 2 amide bonds. The number of likely N-dealkylation sites (N-methyl/N-ethyl adjacent to an activating group) is 1. The Hall–Kier alpha value is -2.61. The Morgan fingerprint density at radius 2 is 1.92 bits per heavy atom. The summed E-state index contributed by atoms with van der Waals surface area (Å²) in [6.45, 7) is 5.99. The van der Waals surface area contributed by atoms with Gasteiger partial charge in [-0.15, -0.1) is 0 Å². The van der Waals surface area contributed by atoms with Crippen LogP contribution in [0.3, 0.4) is 0 Å². The van der Waals surface area contributed by atoms with Crippen molar-refractivity contribution in [2.45, 2.75) is 26.3 Å². The van der Waals surface area contributed by atoms with Crippen LogP contribution >= 0.6 is 11.5 Å². The van der Waals surface area contributed by atoms with Crippen molar-refractivity contribution in [1.29, 1.82) is 0 Å². The van der Waals surface area contributed by atoms with Gasteiger partial charge in [-0.25, -0.2) is 0 Å². The highest BCUT2D eigenvalue weighted by molar-refractivity contribution is 7.10. The topological polar surface area (TPSA) is 109 Å². The minimum absolute atomic E-state index is 0.0379. The molecule has 2 aromatic rings. The lowest BCUT2D eigenvalue weighted by molar-refractivity contribution is -0.122. The molecule has 0 radical (unpaired) electrons. The largest absolute Gasteiger partial charge is 0.371 e. The van der Waals surface area contributed by atoms with Gasteiger partial charge in [-0.3, -0.25) is 9.59 Å². The van der Waals surface area contributed by atoms with Crippen molar-refractivity contribution in [2.24, 2.45) is 17.6 Å². The van der Waals surface area contributed by atoms with Gasteiger partial charge in [0, 0.05) is 12.7 Å². The first kappa shape index (κ1) is 18.2. The van der Waals surface area contributed by atoms with Crippen LogP contribution < -0.4 is 21.7 Å². The number of carbonyl (C=O) groups excluding carboxylic acids is 2. The molecule has 1 fully saturated rings. The fraction of sp³-hybridized carbons (Fsp3) is 0.389. The molecule has 5 N–H and O–H groups in total. The van der Waals surface area contributed by atoms with Crippen molar-refractivity contribution in [3.63, 3.8) is 0 Å². The zero-order chi connectivity index (χ0) is 19.1. The van der Waals surface area contributed by atoms with Crippen LogP contribution in [0, 0.1) is 18.8 Å². The molecule has 138 valence electrons. The molecule has 2 atom stereocenters. The van der Waals surface area contributed by atoms with Gasteiger partial charge in [-0.2, -0.15) is 4.37 Å². The highest BCUT2D eigenvalue weighted by Crippen LogP contribution is 2.52. The molecule has 0 spiro atoms. The molecule has 1 aliphatic rings. The predicted molar refractivity (Wildman–Crippen MR) is 104 cm³/mol. The first-order chi connectivity index (χ1) is 12.3. The molecule has 0 aliphatic heterocycles. The van der Waals surface area contributed by atoms with E-state index in [1.165, 1.54) is 11.5 Å². The van der Waals surface area contributed by atoms with Crippen LogP contribution in [-0.2, 0) is 4.79 Å². The Balaban J connectivity index is 1.93. The Morgan fingerprint density at radius 1 is 1.23 bits per heavy atom. The second kappa shape index (κ2) is 6.60. The van der Waals surface area contributed by atoms with Gasteiger partial charge in [-0.1, -0.05) is 13.8 Å². The third kappa shape index (κ3) is 3.01. The van der Waals surface area contributed by atoms with E-state index in [1.54, 1.807) is 25.2 Å². The zero-order valence-corrected chi connectivity index (χ0v) is 16.0. The molecule has 1 aliphatic carbocycles. The summed E-state index contributed by atoms with van der Waals surface area (Å²) in [4.78, 5) is 24.2. The minimum atomic E-state index is -0.638. The van der Waals surface area contributed by atoms with Crippen molar-refractivity contribution in [3.8, 4) is 0 Å². The van der Waals surface area contributed by atoms with Crippen molar-refractivity contribution in [1.82, 2.24) is 9.69 Å². The summed E-state index contributed by atoms with van der Waals surface area (Å²) in [7, 11) is 1.64. The fourth-order valence-corrected chi connectivity index (χ4v) is 4.09. The summed E-state index contributed by atoms with van der Waals surface area (Å²) in [6, 6.07) is 7.13. The van der Waals surface area contributed by atoms with Gasteiger partial charge in [0.1, 0.15) is 10.5 Å². The van der Waals surface area contributed by atoms with Crippen molar-refractivity contribution in [3.05, 3.63) is 35.5 Å². The van der Waals surface area contributed by atoms with Crippen LogP contribution in [0.4, 0.5) is 16.4 Å². The number of benzene rings is 1. The van der Waals surface area contributed by atoms with Gasteiger partial charge < -0.3 is 21.7 Å². The average Bonchev–Trinajstić information content (AvgIpc) is 2.93. The lowest BCUT2D eigenvalue weighted by Crippen LogP contribution is -2.42. The number of aromatic nitrogens is 1.